The van der Waals surface area contributed by atoms with Gasteiger partial charge in [0, 0.05) is 18.2 Å². The van der Waals surface area contributed by atoms with Crippen LogP contribution in [-0.4, -0.2) is 40.6 Å². The van der Waals surface area contributed by atoms with Crippen molar-refractivity contribution < 1.29 is 24.6 Å². The Hall–Kier alpha value is -2.41. The number of carboxylic acids is 1. The molecule has 0 spiro atoms. The molecule has 7 nitrogen and oxygen atoms in total. The molecular weight excluding hydrogens is 252 g/mol. The van der Waals surface area contributed by atoms with E-state index in [1.54, 1.807) is 0 Å². The van der Waals surface area contributed by atoms with Gasteiger partial charge in [-0.2, -0.15) is 0 Å². The molecule has 0 radical (unpaired) electrons. The van der Waals surface area contributed by atoms with Gasteiger partial charge in [0.2, 0.25) is 5.91 Å². The highest BCUT2D eigenvalue weighted by atomic mass is 16.4. The number of aliphatic hydroxyl groups is 1. The van der Waals surface area contributed by atoms with Gasteiger partial charge in [0.1, 0.15) is 0 Å². The third-order valence-corrected chi connectivity index (χ3v) is 2.25. The molecule has 102 valence electrons. The van der Waals surface area contributed by atoms with Crippen LogP contribution in [0.25, 0.3) is 0 Å². The summed E-state index contributed by atoms with van der Waals surface area (Å²) in [5.74, 6) is -2.16. The number of carboxylic acid groups (broad SMARTS) is 1. The van der Waals surface area contributed by atoms with Gasteiger partial charge in [0.25, 0.3) is 5.91 Å². The molecule has 2 amide bonds. The molecule has 1 aromatic rings. The van der Waals surface area contributed by atoms with Crippen LogP contribution in [0.3, 0.4) is 0 Å². The lowest BCUT2D eigenvalue weighted by Crippen LogP contribution is -2.43. The lowest BCUT2D eigenvalue weighted by atomic mass is 10.1. The van der Waals surface area contributed by atoms with Crippen molar-refractivity contribution in [1.29, 1.82) is 0 Å². The van der Waals surface area contributed by atoms with Crippen molar-refractivity contribution in [3.8, 4) is 0 Å². The van der Waals surface area contributed by atoms with Gasteiger partial charge in [-0.3, -0.25) is 9.59 Å². The quantitative estimate of drug-likeness (QED) is 0.590. The largest absolute Gasteiger partial charge is 0.480 e. The molecule has 1 atom stereocenters. The maximum Gasteiger partial charge on any atom is 0.328 e. The van der Waals surface area contributed by atoms with E-state index in [4.69, 9.17) is 10.2 Å². The van der Waals surface area contributed by atoms with E-state index in [-0.39, 0.29) is 11.5 Å². The minimum Gasteiger partial charge on any atom is -0.480 e. The molecule has 1 rings (SSSR count). The average molecular weight is 266 g/mol. The predicted octanol–water partition coefficient (Wildman–Crippen LogP) is -0.180. The summed E-state index contributed by atoms with van der Waals surface area (Å²) in [6.07, 6.45) is 0. The van der Waals surface area contributed by atoms with Crippen LogP contribution >= 0.6 is 0 Å². The van der Waals surface area contributed by atoms with Crippen LogP contribution < -0.4 is 10.6 Å². The first-order chi connectivity index (χ1) is 8.93. The van der Waals surface area contributed by atoms with Crippen LogP contribution in [0.2, 0.25) is 0 Å². The SMILES string of the molecule is CC(=O)Nc1ccc(C(=O)N[C@@H](CO)C(=O)O)cc1. The van der Waals surface area contributed by atoms with E-state index in [0.717, 1.165) is 0 Å². The summed E-state index contributed by atoms with van der Waals surface area (Å²) in [6.45, 7) is 0.671. The number of rotatable bonds is 5. The standard InChI is InChI=1S/C12H14N2O5/c1-7(16)13-9-4-2-8(3-5-9)11(17)14-10(6-15)12(18)19/h2-5,10,15H,6H2,1H3,(H,13,16)(H,14,17)(H,18,19)/t10-/m0/s1. The fraction of sp³-hybridized carbons (Fsp3) is 0.250. The molecule has 0 bridgehead atoms. The number of amides is 2. The molecule has 19 heavy (non-hydrogen) atoms. The van der Waals surface area contributed by atoms with Gasteiger partial charge in [-0.05, 0) is 24.3 Å². The van der Waals surface area contributed by atoms with Crippen LogP contribution in [-0.2, 0) is 9.59 Å². The van der Waals surface area contributed by atoms with E-state index in [1.807, 2.05) is 0 Å². The van der Waals surface area contributed by atoms with Crippen molar-refractivity contribution in [3.05, 3.63) is 29.8 Å². The number of carbonyl (C=O) groups excluding carboxylic acids is 2. The third-order valence-electron chi connectivity index (χ3n) is 2.25. The normalized spacial score (nSPS) is 11.5. The summed E-state index contributed by atoms with van der Waals surface area (Å²) in [5.41, 5.74) is 0.759. The van der Waals surface area contributed by atoms with E-state index in [0.29, 0.717) is 5.69 Å². The molecular formula is C12H14N2O5. The van der Waals surface area contributed by atoms with Crippen molar-refractivity contribution in [2.45, 2.75) is 13.0 Å². The Kier molecular flexibility index (Phi) is 5.01. The van der Waals surface area contributed by atoms with Gasteiger partial charge in [0.15, 0.2) is 6.04 Å². The van der Waals surface area contributed by atoms with Gasteiger partial charge < -0.3 is 20.8 Å². The Morgan fingerprint density at radius 3 is 2.21 bits per heavy atom. The Balaban J connectivity index is 2.72. The number of hydrogen-bond donors (Lipinski definition) is 4. The second kappa shape index (κ2) is 6.50. The number of anilines is 1. The smallest absolute Gasteiger partial charge is 0.328 e. The Labute approximate surface area is 109 Å². The zero-order valence-corrected chi connectivity index (χ0v) is 10.2. The Morgan fingerprint density at radius 1 is 1.21 bits per heavy atom. The van der Waals surface area contributed by atoms with E-state index < -0.39 is 24.5 Å². The minimum absolute atomic E-state index is 0.230. The highest BCUT2D eigenvalue weighted by molar-refractivity contribution is 5.97. The van der Waals surface area contributed by atoms with Crippen LogP contribution in [0.15, 0.2) is 24.3 Å². The van der Waals surface area contributed by atoms with Crippen LogP contribution in [0, 0.1) is 0 Å². The molecule has 0 saturated carbocycles. The number of aliphatic hydroxyl groups excluding tert-OH is 1. The molecule has 0 aliphatic heterocycles. The van der Waals surface area contributed by atoms with E-state index >= 15 is 0 Å². The maximum atomic E-state index is 11.7. The van der Waals surface area contributed by atoms with E-state index in [1.165, 1.54) is 31.2 Å². The molecule has 0 unspecified atom stereocenters. The molecule has 0 aromatic heterocycles. The van der Waals surface area contributed by atoms with Crippen molar-refractivity contribution in [2.75, 3.05) is 11.9 Å². The molecule has 0 aliphatic carbocycles. The van der Waals surface area contributed by atoms with Crippen molar-refractivity contribution >= 4 is 23.5 Å². The number of carbonyl (C=O) groups is 3. The van der Waals surface area contributed by atoms with Gasteiger partial charge in [-0.1, -0.05) is 0 Å². The summed E-state index contributed by atoms with van der Waals surface area (Å²) in [5, 5.41) is 22.2. The first-order valence-corrected chi connectivity index (χ1v) is 5.46. The van der Waals surface area contributed by atoms with Crippen molar-refractivity contribution in [1.82, 2.24) is 5.32 Å². The molecule has 0 heterocycles. The average Bonchev–Trinajstić information content (AvgIpc) is 2.35. The molecule has 7 heteroatoms. The molecule has 0 aliphatic rings. The zero-order valence-electron chi connectivity index (χ0n) is 10.2. The van der Waals surface area contributed by atoms with E-state index in [9.17, 15) is 14.4 Å². The first-order valence-electron chi connectivity index (χ1n) is 5.46. The Bertz CT molecular complexity index is 483. The summed E-state index contributed by atoms with van der Waals surface area (Å²) < 4.78 is 0. The number of nitrogens with one attached hydrogen (secondary N) is 2. The van der Waals surface area contributed by atoms with Gasteiger partial charge in [-0.25, -0.2) is 4.79 Å². The topological polar surface area (TPSA) is 116 Å². The first kappa shape index (κ1) is 14.7. The third kappa shape index (κ3) is 4.40. The van der Waals surface area contributed by atoms with Crippen molar-refractivity contribution in [2.24, 2.45) is 0 Å². The fourth-order valence-electron chi connectivity index (χ4n) is 1.34. The minimum atomic E-state index is -1.34. The second-order valence-electron chi connectivity index (χ2n) is 3.81. The summed E-state index contributed by atoms with van der Waals surface area (Å²) >= 11 is 0. The zero-order chi connectivity index (χ0) is 14.4. The van der Waals surface area contributed by atoms with Crippen molar-refractivity contribution in [3.63, 3.8) is 0 Å². The Morgan fingerprint density at radius 2 is 1.79 bits per heavy atom. The fourth-order valence-corrected chi connectivity index (χ4v) is 1.34. The summed E-state index contributed by atoms with van der Waals surface area (Å²) in [7, 11) is 0. The maximum absolute atomic E-state index is 11.7. The molecule has 1 aromatic carbocycles. The van der Waals surface area contributed by atoms with Gasteiger partial charge in [0.05, 0.1) is 6.61 Å². The summed E-state index contributed by atoms with van der Waals surface area (Å²) in [4.78, 5) is 33.1. The predicted molar refractivity (Wildman–Crippen MR) is 66.7 cm³/mol. The van der Waals surface area contributed by atoms with Gasteiger partial charge in [-0.15, -0.1) is 0 Å². The van der Waals surface area contributed by atoms with Crippen LogP contribution in [0.4, 0.5) is 5.69 Å². The second-order valence-corrected chi connectivity index (χ2v) is 3.81. The van der Waals surface area contributed by atoms with E-state index in [2.05, 4.69) is 10.6 Å². The molecule has 0 saturated heterocycles. The highest BCUT2D eigenvalue weighted by Gasteiger charge is 2.19. The van der Waals surface area contributed by atoms with Gasteiger partial charge >= 0.3 is 5.97 Å². The lowest BCUT2D eigenvalue weighted by Gasteiger charge is -2.11. The van der Waals surface area contributed by atoms with Crippen LogP contribution in [0.1, 0.15) is 17.3 Å². The monoisotopic (exact) mass is 266 g/mol. The molecule has 0 fully saturated rings. The number of benzene rings is 1. The number of aliphatic carboxylic acids is 1. The summed E-state index contributed by atoms with van der Waals surface area (Å²) in [6, 6.07) is 4.58. The van der Waals surface area contributed by atoms with Crippen LogP contribution in [0.5, 0.6) is 0 Å². The number of hydrogen-bond acceptors (Lipinski definition) is 4. The molecule has 4 N–H and O–H groups in total. The highest BCUT2D eigenvalue weighted by Crippen LogP contribution is 2.09. The lowest BCUT2D eigenvalue weighted by molar-refractivity contribution is -0.140.